The summed E-state index contributed by atoms with van der Waals surface area (Å²) in [4.78, 5) is 19.1. The highest BCUT2D eigenvalue weighted by atomic mass is 19.4. The van der Waals surface area contributed by atoms with Crippen LogP contribution in [0.25, 0.3) is 22.0 Å². The van der Waals surface area contributed by atoms with Gasteiger partial charge in [0.1, 0.15) is 30.4 Å². The number of benzene rings is 3. The second-order valence-electron chi connectivity index (χ2n) is 17.2. The molecule has 1 aliphatic rings. The maximum Gasteiger partial charge on any atom is 0.406 e. The summed E-state index contributed by atoms with van der Waals surface area (Å²) in [6.07, 6.45) is -0.731. The lowest BCUT2D eigenvalue weighted by Crippen LogP contribution is -2.36. The third-order valence-electron chi connectivity index (χ3n) is 11.7. The SMILES string of the molecule is COc1ncc(-c2c(C)noc2C)cc1NCc1cccc(OCC(=O)NCCOCCOCCOCCOc2ccc(NCC#Cc3cc4c(NC5CCN(C)CC5)cccc4n3CC(F)(F)F)cc2)c1. The topological polar surface area (TPSA) is 168 Å². The summed E-state index contributed by atoms with van der Waals surface area (Å²) < 4.78 is 81.4. The standard InChI is InChI=1S/C53H63F3N8O8/c1-37-51(38(2)72-62-37)40-31-48(52(66-4)60-34-40)59-33-39-8-5-10-45(30-39)71-35-50(65)58-20-23-67-24-25-68-26-27-69-28-29-70-44-15-13-41(14-16-44)57-19-7-9-43-32-46-47(61-42-17-21-63(3)22-18-42)11-6-12-49(46)64(43)36-53(54,55)56/h5-6,8,10-16,30-32,34,42,57,59,61H,17-29,33,35-36H2,1-4H3,(H,58,65). The third-order valence-corrected chi connectivity index (χ3v) is 11.7. The number of alkyl halides is 3. The number of hydrogen-bond acceptors (Lipinski definition) is 14. The van der Waals surface area contributed by atoms with Crippen molar-refractivity contribution >= 4 is 33.9 Å². The molecule has 384 valence electrons. The van der Waals surface area contributed by atoms with Crippen molar-refractivity contribution in [3.05, 3.63) is 108 Å². The number of pyridine rings is 1. The Kier molecular flexibility index (Phi) is 19.4. The van der Waals surface area contributed by atoms with E-state index in [0.717, 1.165) is 65.1 Å². The lowest BCUT2D eigenvalue weighted by Gasteiger charge is -2.30. The predicted octanol–water partition coefficient (Wildman–Crippen LogP) is 8.08. The highest BCUT2D eigenvalue weighted by Crippen LogP contribution is 2.33. The monoisotopic (exact) mass is 996 g/mol. The number of ether oxygens (including phenoxy) is 6. The van der Waals surface area contributed by atoms with Crippen LogP contribution in [-0.4, -0.2) is 131 Å². The van der Waals surface area contributed by atoms with Crippen molar-refractivity contribution in [3.63, 3.8) is 0 Å². The Morgan fingerprint density at radius 2 is 1.58 bits per heavy atom. The zero-order valence-electron chi connectivity index (χ0n) is 41.2. The van der Waals surface area contributed by atoms with Crippen molar-refractivity contribution in [2.45, 2.75) is 52.0 Å². The van der Waals surface area contributed by atoms with Gasteiger partial charge >= 0.3 is 6.18 Å². The van der Waals surface area contributed by atoms with Gasteiger partial charge in [-0.2, -0.15) is 13.2 Å². The molecule has 0 radical (unpaired) electrons. The Balaban J connectivity index is 0.708. The molecule has 4 heterocycles. The molecule has 1 aliphatic heterocycles. The molecule has 0 saturated carbocycles. The van der Waals surface area contributed by atoms with Crippen molar-refractivity contribution in [3.8, 4) is 40.3 Å². The maximum absolute atomic E-state index is 13.7. The van der Waals surface area contributed by atoms with E-state index < -0.39 is 12.7 Å². The minimum Gasteiger partial charge on any atom is -0.491 e. The Morgan fingerprint density at radius 1 is 0.847 bits per heavy atom. The molecule has 0 unspecified atom stereocenters. The van der Waals surface area contributed by atoms with Crippen LogP contribution >= 0.6 is 0 Å². The number of carbonyl (C=O) groups is 1. The molecule has 0 aliphatic carbocycles. The quantitative estimate of drug-likeness (QED) is 0.0304. The first-order valence-electron chi connectivity index (χ1n) is 23.9. The van der Waals surface area contributed by atoms with Crippen molar-refractivity contribution < 1.29 is 50.9 Å². The summed E-state index contributed by atoms with van der Waals surface area (Å²) in [5.41, 5.74) is 6.61. The lowest BCUT2D eigenvalue weighted by atomic mass is 10.0. The van der Waals surface area contributed by atoms with Crippen LogP contribution in [0, 0.1) is 25.7 Å². The van der Waals surface area contributed by atoms with E-state index in [1.807, 2.05) is 68.4 Å². The second-order valence-corrected chi connectivity index (χ2v) is 17.2. The molecular weight excluding hydrogens is 934 g/mol. The van der Waals surface area contributed by atoms with Gasteiger partial charge in [-0.1, -0.05) is 29.3 Å². The Morgan fingerprint density at radius 3 is 2.31 bits per heavy atom. The van der Waals surface area contributed by atoms with Crippen LogP contribution in [0.4, 0.5) is 30.2 Å². The third kappa shape index (κ3) is 16.0. The normalized spacial score (nSPS) is 13.1. The van der Waals surface area contributed by atoms with Crippen LogP contribution < -0.4 is 35.5 Å². The molecule has 0 spiro atoms. The number of carbonyl (C=O) groups excluding carboxylic acids is 1. The second kappa shape index (κ2) is 26.5. The molecule has 6 aromatic rings. The average molecular weight is 997 g/mol. The van der Waals surface area contributed by atoms with E-state index in [-0.39, 0.29) is 25.1 Å². The summed E-state index contributed by atoms with van der Waals surface area (Å²) in [5, 5.41) is 17.7. The van der Waals surface area contributed by atoms with Crippen LogP contribution in [0.3, 0.4) is 0 Å². The number of amides is 1. The first-order chi connectivity index (χ1) is 34.9. The molecule has 19 heteroatoms. The minimum absolute atomic E-state index is 0.140. The number of anilines is 3. The highest BCUT2D eigenvalue weighted by Gasteiger charge is 2.30. The molecular formula is C53H63F3N8O8. The zero-order chi connectivity index (χ0) is 50.7. The number of aryl methyl sites for hydroxylation is 2. The Labute approximate surface area is 417 Å². The van der Waals surface area contributed by atoms with E-state index in [1.165, 1.54) is 4.57 Å². The van der Waals surface area contributed by atoms with E-state index in [1.54, 1.807) is 37.6 Å². The number of methoxy groups -OCH3 is 1. The predicted molar refractivity (Wildman–Crippen MR) is 270 cm³/mol. The number of fused-ring (bicyclic) bond motifs is 1. The smallest absolute Gasteiger partial charge is 0.406 e. The summed E-state index contributed by atoms with van der Waals surface area (Å²) >= 11 is 0. The van der Waals surface area contributed by atoms with E-state index in [2.05, 4.69) is 55.2 Å². The number of halogens is 3. The number of likely N-dealkylation sites (tertiary alicyclic amines) is 1. The van der Waals surface area contributed by atoms with Gasteiger partial charge in [0.2, 0.25) is 5.88 Å². The van der Waals surface area contributed by atoms with Crippen molar-refractivity contribution in [1.29, 1.82) is 0 Å². The van der Waals surface area contributed by atoms with Crippen molar-refractivity contribution in [2.75, 3.05) is 109 Å². The average Bonchev–Trinajstić information content (AvgIpc) is 3.90. The number of rotatable bonds is 26. The molecule has 7 rings (SSSR count). The van der Waals surface area contributed by atoms with Gasteiger partial charge in [0.25, 0.3) is 5.91 Å². The Bertz CT molecular complexity index is 2710. The van der Waals surface area contributed by atoms with Gasteiger partial charge in [-0.3, -0.25) is 4.79 Å². The van der Waals surface area contributed by atoms with Gasteiger partial charge in [0.05, 0.1) is 75.9 Å². The Hall–Kier alpha value is -6.98. The van der Waals surface area contributed by atoms with E-state index >= 15 is 0 Å². The van der Waals surface area contributed by atoms with Gasteiger partial charge in [-0.05, 0) is 119 Å². The highest BCUT2D eigenvalue weighted by molar-refractivity contribution is 5.94. The van der Waals surface area contributed by atoms with Gasteiger partial charge in [0, 0.05) is 53.2 Å². The van der Waals surface area contributed by atoms with Gasteiger partial charge in [-0.25, -0.2) is 4.98 Å². The van der Waals surface area contributed by atoms with Gasteiger partial charge in [-0.15, -0.1) is 0 Å². The largest absolute Gasteiger partial charge is 0.491 e. The zero-order valence-corrected chi connectivity index (χ0v) is 41.2. The number of nitrogens with one attached hydrogen (secondary N) is 4. The van der Waals surface area contributed by atoms with E-state index in [0.29, 0.717) is 99.4 Å². The first-order valence-corrected chi connectivity index (χ1v) is 23.9. The summed E-state index contributed by atoms with van der Waals surface area (Å²) in [6.45, 7) is 8.03. The molecule has 0 bridgehead atoms. The van der Waals surface area contributed by atoms with Crippen LogP contribution in [0.5, 0.6) is 17.4 Å². The van der Waals surface area contributed by atoms with E-state index in [9.17, 15) is 18.0 Å². The van der Waals surface area contributed by atoms with E-state index in [4.69, 9.17) is 32.9 Å². The minimum atomic E-state index is -4.40. The number of aromatic nitrogens is 3. The first kappa shape index (κ1) is 52.8. The molecule has 72 heavy (non-hydrogen) atoms. The molecule has 1 saturated heterocycles. The molecule has 3 aromatic heterocycles. The fourth-order valence-electron chi connectivity index (χ4n) is 8.13. The van der Waals surface area contributed by atoms with Crippen molar-refractivity contribution in [1.82, 2.24) is 24.9 Å². The van der Waals surface area contributed by atoms with Crippen molar-refractivity contribution in [2.24, 2.45) is 0 Å². The van der Waals surface area contributed by atoms with Crippen LogP contribution in [-0.2, 0) is 32.1 Å². The number of piperidine rings is 1. The molecule has 0 atom stereocenters. The maximum atomic E-state index is 13.7. The van der Waals surface area contributed by atoms with Gasteiger partial charge < -0.3 is 63.7 Å². The summed E-state index contributed by atoms with van der Waals surface area (Å²) in [6, 6.07) is 24.2. The number of nitrogens with zero attached hydrogens (tertiary/aromatic N) is 4. The molecule has 1 amide bonds. The van der Waals surface area contributed by atoms with Crippen LogP contribution in [0.1, 0.15) is 35.6 Å². The fourth-order valence-corrected chi connectivity index (χ4v) is 8.13. The fraction of sp³-hybridized carbons (Fsp3) is 0.415. The molecule has 16 nitrogen and oxygen atoms in total. The van der Waals surface area contributed by atoms with Crippen LogP contribution in [0.2, 0.25) is 0 Å². The number of hydrogen-bond donors (Lipinski definition) is 4. The van der Waals surface area contributed by atoms with Crippen LogP contribution in [0.15, 0.2) is 89.6 Å². The lowest BCUT2D eigenvalue weighted by molar-refractivity contribution is -0.140. The molecule has 1 fully saturated rings. The summed E-state index contributed by atoms with van der Waals surface area (Å²) in [5.74, 6) is 8.09. The summed E-state index contributed by atoms with van der Waals surface area (Å²) in [7, 11) is 3.66. The van der Waals surface area contributed by atoms with Gasteiger partial charge in [0.15, 0.2) is 6.61 Å². The molecule has 4 N–H and O–H groups in total. The molecule has 3 aromatic carbocycles.